The molecule has 3 rings (SSSR count). The number of primary sulfonamides is 1. The summed E-state index contributed by atoms with van der Waals surface area (Å²) in [6.07, 6.45) is 1.78. The summed E-state index contributed by atoms with van der Waals surface area (Å²) in [7, 11) is -3.70. The topological polar surface area (TPSA) is 86.7 Å². The largest absolute Gasteiger partial charge is 0.494 e. The predicted molar refractivity (Wildman–Crippen MR) is 111 cm³/mol. The number of aromatic nitrogens is 1. The van der Waals surface area contributed by atoms with Gasteiger partial charge in [0.25, 0.3) is 0 Å². The maximum Gasteiger partial charge on any atom is 0.238 e. The van der Waals surface area contributed by atoms with E-state index in [1.807, 2.05) is 45.0 Å². The van der Waals surface area contributed by atoms with Crippen molar-refractivity contribution in [3.8, 4) is 11.4 Å². The summed E-state index contributed by atoms with van der Waals surface area (Å²) in [4.78, 5) is 4.52. The summed E-state index contributed by atoms with van der Waals surface area (Å²) in [5, 5.41) is 5.12. The van der Waals surface area contributed by atoms with Crippen molar-refractivity contribution >= 4 is 21.9 Å². The second-order valence-electron chi connectivity index (χ2n) is 6.39. The molecule has 0 amide bonds. The van der Waals surface area contributed by atoms with Crippen LogP contribution < -0.4 is 9.88 Å². The number of benzene rings is 2. The third kappa shape index (κ3) is 4.32. The van der Waals surface area contributed by atoms with Crippen LogP contribution in [0.15, 0.2) is 64.5 Å². The van der Waals surface area contributed by atoms with Crippen molar-refractivity contribution in [2.45, 2.75) is 25.7 Å². The molecule has 0 unspecified atom stereocenters. The standard InChI is InChI=1S/C21H23N3O3S/c1-4-27-20-9-7-19(8-10-20)24-15(2)13-17(16(24)3)14-23-18-5-11-21(12-6-18)28(22,25)26/h5-14H,4H2,1-3H3,(H2,22,25,26). The molecule has 146 valence electrons. The van der Waals surface area contributed by atoms with Gasteiger partial charge in [-0.05, 0) is 75.4 Å². The van der Waals surface area contributed by atoms with E-state index in [0.717, 1.165) is 28.4 Å². The number of hydrogen-bond acceptors (Lipinski definition) is 4. The van der Waals surface area contributed by atoms with Gasteiger partial charge in [-0.3, -0.25) is 4.99 Å². The van der Waals surface area contributed by atoms with Crippen LogP contribution in [-0.2, 0) is 10.0 Å². The number of rotatable bonds is 6. The van der Waals surface area contributed by atoms with Crippen LogP contribution in [0.3, 0.4) is 0 Å². The van der Waals surface area contributed by atoms with Crippen LogP contribution in [0.4, 0.5) is 5.69 Å². The summed E-state index contributed by atoms with van der Waals surface area (Å²) < 4.78 is 30.3. The first kappa shape index (κ1) is 19.9. The fraction of sp³-hybridized carbons (Fsp3) is 0.190. The Balaban J connectivity index is 1.86. The lowest BCUT2D eigenvalue weighted by Crippen LogP contribution is -2.11. The van der Waals surface area contributed by atoms with Gasteiger partial charge in [0.1, 0.15) is 5.75 Å². The van der Waals surface area contributed by atoms with Crippen LogP contribution in [0.25, 0.3) is 5.69 Å². The van der Waals surface area contributed by atoms with E-state index >= 15 is 0 Å². The zero-order chi connectivity index (χ0) is 20.3. The summed E-state index contributed by atoms with van der Waals surface area (Å²) >= 11 is 0. The highest BCUT2D eigenvalue weighted by Crippen LogP contribution is 2.23. The summed E-state index contributed by atoms with van der Waals surface area (Å²) in [6, 6.07) is 16.2. The van der Waals surface area contributed by atoms with Crippen LogP contribution in [0.1, 0.15) is 23.9 Å². The van der Waals surface area contributed by atoms with Gasteiger partial charge in [0.05, 0.1) is 17.2 Å². The molecule has 1 aromatic heterocycles. The number of nitrogens with zero attached hydrogens (tertiary/aromatic N) is 2. The van der Waals surface area contributed by atoms with E-state index in [-0.39, 0.29) is 4.90 Å². The number of nitrogens with two attached hydrogens (primary N) is 1. The first-order chi connectivity index (χ1) is 13.3. The minimum absolute atomic E-state index is 0.0696. The average molecular weight is 398 g/mol. The van der Waals surface area contributed by atoms with Gasteiger partial charge >= 0.3 is 0 Å². The van der Waals surface area contributed by atoms with Crippen molar-refractivity contribution < 1.29 is 13.2 Å². The lowest BCUT2D eigenvalue weighted by atomic mass is 10.2. The van der Waals surface area contributed by atoms with Crippen LogP contribution in [0.5, 0.6) is 5.75 Å². The molecule has 7 heteroatoms. The minimum Gasteiger partial charge on any atom is -0.494 e. The van der Waals surface area contributed by atoms with E-state index < -0.39 is 10.0 Å². The molecule has 3 aromatic rings. The van der Waals surface area contributed by atoms with Crippen LogP contribution in [0, 0.1) is 13.8 Å². The van der Waals surface area contributed by atoms with Gasteiger partial charge in [-0.1, -0.05) is 0 Å². The number of sulfonamides is 1. The van der Waals surface area contributed by atoms with Gasteiger partial charge in [-0.15, -0.1) is 0 Å². The van der Waals surface area contributed by atoms with Crippen LogP contribution in [-0.4, -0.2) is 25.8 Å². The first-order valence-electron chi connectivity index (χ1n) is 8.88. The molecule has 6 nitrogen and oxygen atoms in total. The Kier molecular flexibility index (Phi) is 5.67. The molecule has 1 heterocycles. The predicted octanol–water partition coefficient (Wildman–Crippen LogP) is 3.89. The van der Waals surface area contributed by atoms with Crippen LogP contribution in [0.2, 0.25) is 0 Å². The third-order valence-electron chi connectivity index (χ3n) is 4.39. The quantitative estimate of drug-likeness (QED) is 0.640. The van der Waals surface area contributed by atoms with Gasteiger partial charge < -0.3 is 9.30 Å². The smallest absolute Gasteiger partial charge is 0.238 e. The summed E-state index contributed by atoms with van der Waals surface area (Å²) in [5.41, 5.74) is 4.84. The van der Waals surface area contributed by atoms with E-state index in [1.54, 1.807) is 18.3 Å². The molecule has 2 N–H and O–H groups in total. The molecule has 0 aliphatic heterocycles. The molecule has 0 aliphatic carbocycles. The second-order valence-corrected chi connectivity index (χ2v) is 7.95. The van der Waals surface area contributed by atoms with Crippen LogP contribution >= 0.6 is 0 Å². The van der Waals surface area contributed by atoms with Crippen molar-refractivity contribution in [1.29, 1.82) is 0 Å². The molecule has 0 saturated heterocycles. The maximum absolute atomic E-state index is 11.3. The number of aliphatic imine (C=N–C) groups is 1. The zero-order valence-electron chi connectivity index (χ0n) is 16.1. The molecule has 0 spiro atoms. The molecule has 0 saturated carbocycles. The molecule has 0 bridgehead atoms. The molecule has 0 aliphatic rings. The van der Waals surface area contributed by atoms with Crippen molar-refractivity contribution in [2.75, 3.05) is 6.61 Å². The van der Waals surface area contributed by atoms with E-state index in [4.69, 9.17) is 9.88 Å². The average Bonchev–Trinajstić information content (AvgIpc) is 2.94. The number of hydrogen-bond donors (Lipinski definition) is 1. The molecule has 0 fully saturated rings. The summed E-state index contributed by atoms with van der Waals surface area (Å²) in [5.74, 6) is 0.846. The van der Waals surface area contributed by atoms with Gasteiger partial charge in [-0.25, -0.2) is 13.6 Å². The van der Waals surface area contributed by atoms with Crippen molar-refractivity contribution in [3.63, 3.8) is 0 Å². The van der Waals surface area contributed by atoms with Crippen molar-refractivity contribution in [1.82, 2.24) is 4.57 Å². The Morgan fingerprint density at radius 1 is 1.07 bits per heavy atom. The molecule has 0 radical (unpaired) electrons. The second kappa shape index (κ2) is 8.00. The fourth-order valence-corrected chi connectivity index (χ4v) is 3.56. The molecule has 2 aromatic carbocycles. The van der Waals surface area contributed by atoms with Gasteiger partial charge in [0.2, 0.25) is 10.0 Å². The van der Waals surface area contributed by atoms with Gasteiger partial charge in [0, 0.05) is 28.9 Å². The van der Waals surface area contributed by atoms with E-state index in [1.165, 1.54) is 12.1 Å². The number of aryl methyl sites for hydroxylation is 1. The van der Waals surface area contributed by atoms with Gasteiger partial charge in [0.15, 0.2) is 0 Å². The Bertz CT molecular complexity index is 1100. The normalized spacial score (nSPS) is 11.9. The molecular weight excluding hydrogens is 374 g/mol. The molecule has 28 heavy (non-hydrogen) atoms. The highest BCUT2D eigenvalue weighted by molar-refractivity contribution is 7.89. The van der Waals surface area contributed by atoms with E-state index in [0.29, 0.717) is 12.3 Å². The summed E-state index contributed by atoms with van der Waals surface area (Å²) in [6.45, 7) is 6.68. The maximum atomic E-state index is 11.3. The third-order valence-corrected chi connectivity index (χ3v) is 5.32. The zero-order valence-corrected chi connectivity index (χ0v) is 16.9. The lowest BCUT2D eigenvalue weighted by Gasteiger charge is -2.10. The molecular formula is C21H23N3O3S. The Hall–Kier alpha value is -2.90. The van der Waals surface area contributed by atoms with E-state index in [9.17, 15) is 8.42 Å². The Morgan fingerprint density at radius 2 is 1.71 bits per heavy atom. The van der Waals surface area contributed by atoms with Gasteiger partial charge in [-0.2, -0.15) is 0 Å². The Morgan fingerprint density at radius 3 is 2.29 bits per heavy atom. The van der Waals surface area contributed by atoms with Crippen molar-refractivity contribution in [3.05, 3.63) is 71.5 Å². The van der Waals surface area contributed by atoms with Crippen molar-refractivity contribution in [2.24, 2.45) is 10.1 Å². The monoisotopic (exact) mass is 397 g/mol. The number of ether oxygens (including phenoxy) is 1. The first-order valence-corrected chi connectivity index (χ1v) is 10.4. The van der Waals surface area contributed by atoms with E-state index in [2.05, 4.69) is 15.6 Å². The fourth-order valence-electron chi connectivity index (χ4n) is 3.04. The Labute approximate surface area is 165 Å². The minimum atomic E-state index is -3.70. The molecule has 0 atom stereocenters. The highest BCUT2D eigenvalue weighted by Gasteiger charge is 2.10. The highest BCUT2D eigenvalue weighted by atomic mass is 32.2. The lowest BCUT2D eigenvalue weighted by molar-refractivity contribution is 0.340. The SMILES string of the molecule is CCOc1ccc(-n2c(C)cc(C=Nc3ccc(S(N)(=O)=O)cc3)c2C)cc1.